The van der Waals surface area contributed by atoms with E-state index in [4.69, 9.17) is 4.74 Å². The number of carbonyl (C=O) groups excluding carboxylic acids is 1. The van der Waals surface area contributed by atoms with Crippen molar-refractivity contribution in [2.45, 2.75) is 32.8 Å². The van der Waals surface area contributed by atoms with E-state index in [1.807, 2.05) is 33.2 Å². The molecule has 2 rings (SSSR count). The van der Waals surface area contributed by atoms with Crippen molar-refractivity contribution in [3.8, 4) is 0 Å². The zero-order chi connectivity index (χ0) is 14.0. The van der Waals surface area contributed by atoms with E-state index in [1.54, 1.807) is 15.8 Å². The number of hydrogen-bond donors (Lipinski definition) is 0. The summed E-state index contributed by atoms with van der Waals surface area (Å²) in [5.41, 5.74) is -0.439. The number of ether oxygens (including phenoxy) is 1. The highest BCUT2D eigenvalue weighted by molar-refractivity contribution is 9.12. The maximum Gasteiger partial charge on any atom is 0.410 e. The third-order valence-corrected chi connectivity index (χ3v) is 3.22. The molecule has 5 nitrogen and oxygen atoms in total. The first kappa shape index (κ1) is 14.2. The second kappa shape index (κ2) is 5.45. The van der Waals surface area contributed by atoms with Crippen LogP contribution in [-0.4, -0.2) is 46.8 Å². The van der Waals surface area contributed by atoms with Crippen LogP contribution in [0, 0.1) is 5.92 Å². The fourth-order valence-corrected chi connectivity index (χ4v) is 2.32. The summed E-state index contributed by atoms with van der Waals surface area (Å²) in [5, 5.41) is 4.19. The van der Waals surface area contributed by atoms with Crippen LogP contribution in [0.25, 0.3) is 0 Å². The van der Waals surface area contributed by atoms with Crippen molar-refractivity contribution in [2.24, 2.45) is 11.0 Å². The lowest BCUT2D eigenvalue weighted by atomic mass is 10.1. The third kappa shape index (κ3) is 4.16. The molecule has 1 atom stereocenters. The molecule has 0 aromatic rings. The van der Waals surface area contributed by atoms with Gasteiger partial charge < -0.3 is 9.64 Å². The van der Waals surface area contributed by atoms with Crippen LogP contribution in [0.3, 0.4) is 0 Å². The van der Waals surface area contributed by atoms with Crippen molar-refractivity contribution in [1.29, 1.82) is 0 Å². The van der Waals surface area contributed by atoms with E-state index < -0.39 is 5.60 Å². The highest BCUT2D eigenvalue weighted by Gasteiger charge is 2.31. The Balaban J connectivity index is 1.90. The first-order valence-corrected chi connectivity index (χ1v) is 7.15. The van der Waals surface area contributed by atoms with Gasteiger partial charge in [0.05, 0.1) is 5.92 Å². The number of nitrogens with zero attached hydrogens (tertiary/aromatic N) is 3. The maximum atomic E-state index is 11.9. The van der Waals surface area contributed by atoms with Gasteiger partial charge in [0.2, 0.25) is 6.20 Å². The largest absolute Gasteiger partial charge is 0.444 e. The minimum absolute atomic E-state index is 0.231. The Kier molecular flexibility index (Phi) is 4.08. The number of carbonyl (C=O) groups is 1. The van der Waals surface area contributed by atoms with Crippen LogP contribution in [0.5, 0.6) is 0 Å². The quantitative estimate of drug-likeness (QED) is 0.694. The van der Waals surface area contributed by atoms with Crippen LogP contribution in [0.4, 0.5) is 4.79 Å². The van der Waals surface area contributed by atoms with Crippen molar-refractivity contribution in [1.82, 2.24) is 4.90 Å². The van der Waals surface area contributed by atoms with Gasteiger partial charge in [-0.2, -0.15) is 0 Å². The lowest BCUT2D eigenvalue weighted by molar-refractivity contribution is -0.454. The fraction of sp³-hybridized carbons (Fsp3) is 0.615. The number of rotatable bonds is 1. The van der Waals surface area contributed by atoms with E-state index in [1.165, 1.54) is 0 Å². The second-order valence-electron chi connectivity index (χ2n) is 5.76. The second-order valence-corrected chi connectivity index (χ2v) is 6.68. The Morgan fingerprint density at radius 2 is 2.37 bits per heavy atom. The van der Waals surface area contributed by atoms with Gasteiger partial charge in [0, 0.05) is 13.1 Å². The van der Waals surface area contributed by atoms with E-state index in [0.717, 1.165) is 17.4 Å². The van der Waals surface area contributed by atoms with Gasteiger partial charge in [-0.05, 0) is 48.2 Å². The van der Waals surface area contributed by atoms with Crippen LogP contribution >= 0.6 is 15.9 Å². The van der Waals surface area contributed by atoms with Crippen molar-refractivity contribution >= 4 is 34.5 Å². The van der Waals surface area contributed by atoms with Gasteiger partial charge in [-0.25, -0.2) is 4.79 Å². The predicted octanol–water partition coefficient (Wildman–Crippen LogP) is 2.56. The molecule has 0 saturated carbocycles. The molecular weight excluding hydrogens is 310 g/mol. The monoisotopic (exact) mass is 328 g/mol. The molecule has 1 saturated heterocycles. The Labute approximate surface area is 121 Å². The molecule has 0 aromatic carbocycles. The first-order valence-electron chi connectivity index (χ1n) is 6.36. The molecule has 2 aliphatic rings. The summed E-state index contributed by atoms with van der Waals surface area (Å²) < 4.78 is 8.10. The summed E-state index contributed by atoms with van der Waals surface area (Å²) in [6.07, 6.45) is 6.39. The molecule has 0 radical (unpaired) electrons. The summed E-state index contributed by atoms with van der Waals surface area (Å²) in [5.74, 6) is 0.319. The highest BCUT2D eigenvalue weighted by Crippen LogP contribution is 2.19. The number of amides is 1. The molecule has 0 bridgehead atoms. The van der Waals surface area contributed by atoms with Gasteiger partial charge in [-0.3, -0.25) is 0 Å². The molecule has 0 aromatic heterocycles. The fourth-order valence-electron chi connectivity index (χ4n) is 2.01. The Morgan fingerprint density at radius 1 is 1.63 bits per heavy atom. The smallest absolute Gasteiger partial charge is 0.410 e. The van der Waals surface area contributed by atoms with Crippen LogP contribution in [0.2, 0.25) is 0 Å². The summed E-state index contributed by atoms with van der Waals surface area (Å²) in [6, 6.07) is 0. The molecule has 0 N–H and O–H groups in total. The van der Waals surface area contributed by atoms with Gasteiger partial charge in [0.1, 0.15) is 16.3 Å². The lowest BCUT2D eigenvalue weighted by Gasteiger charge is -2.24. The Morgan fingerprint density at radius 3 is 2.95 bits per heavy atom. The first-order chi connectivity index (χ1) is 8.83. The average molecular weight is 329 g/mol. The summed E-state index contributed by atoms with van der Waals surface area (Å²) in [7, 11) is 0. The van der Waals surface area contributed by atoms with Crippen molar-refractivity contribution in [3.63, 3.8) is 0 Å². The van der Waals surface area contributed by atoms with Gasteiger partial charge in [0.15, 0.2) is 6.21 Å². The summed E-state index contributed by atoms with van der Waals surface area (Å²) >= 11 is 3.36. The van der Waals surface area contributed by atoms with Gasteiger partial charge in [0.25, 0.3) is 0 Å². The maximum absolute atomic E-state index is 11.9. The summed E-state index contributed by atoms with van der Waals surface area (Å²) in [4.78, 5) is 13.7. The zero-order valence-electron chi connectivity index (χ0n) is 11.5. The molecule has 104 valence electrons. The molecular formula is C13H19BrN3O2+. The topological polar surface area (TPSA) is 44.9 Å². The number of allylic oxidation sites excluding steroid dienone is 1. The van der Waals surface area contributed by atoms with Gasteiger partial charge >= 0.3 is 6.09 Å². The minimum Gasteiger partial charge on any atom is -0.444 e. The molecule has 1 fully saturated rings. The van der Waals surface area contributed by atoms with Crippen LogP contribution in [-0.2, 0) is 4.74 Å². The van der Waals surface area contributed by atoms with Crippen molar-refractivity contribution < 1.29 is 14.2 Å². The van der Waals surface area contributed by atoms with E-state index in [-0.39, 0.29) is 6.09 Å². The molecule has 0 spiro atoms. The minimum atomic E-state index is -0.439. The molecule has 0 aliphatic carbocycles. The van der Waals surface area contributed by atoms with E-state index in [2.05, 4.69) is 21.0 Å². The molecule has 2 heterocycles. The lowest BCUT2D eigenvalue weighted by Crippen LogP contribution is -2.35. The Bertz CT molecular complexity index is 463. The highest BCUT2D eigenvalue weighted by atomic mass is 79.9. The van der Waals surface area contributed by atoms with Gasteiger partial charge in [-0.15, -0.1) is 0 Å². The van der Waals surface area contributed by atoms with Crippen molar-refractivity contribution in [3.05, 3.63) is 10.7 Å². The normalized spacial score (nSPS) is 25.1. The van der Waals surface area contributed by atoms with E-state index >= 15 is 0 Å². The molecule has 2 aliphatic heterocycles. The van der Waals surface area contributed by atoms with Gasteiger partial charge in [-0.1, -0.05) is 4.68 Å². The van der Waals surface area contributed by atoms with Crippen LogP contribution in [0.1, 0.15) is 27.2 Å². The number of hydrazone groups is 1. The standard InChI is InChI=1S/C13H19BrN3O2/c1-13(2,3)19-12(18)16-5-4-10(7-16)8-17-9-11(14)6-15-17/h6,8-10H,4-5,7H2,1-3H3/q+1/b17-8+. The third-order valence-electron chi connectivity index (χ3n) is 2.81. The molecule has 19 heavy (non-hydrogen) atoms. The Hall–Kier alpha value is -1.17. The number of likely N-dealkylation sites (tertiary alicyclic amines) is 1. The van der Waals surface area contributed by atoms with E-state index in [9.17, 15) is 4.79 Å². The molecule has 6 heteroatoms. The average Bonchev–Trinajstić information content (AvgIpc) is 2.86. The van der Waals surface area contributed by atoms with Crippen LogP contribution in [0.15, 0.2) is 15.8 Å². The number of hydrogen-bond acceptors (Lipinski definition) is 3. The van der Waals surface area contributed by atoms with Crippen molar-refractivity contribution in [2.75, 3.05) is 13.1 Å². The SMILES string of the molecule is CC(C)(C)OC(=O)N1CCC(/C=[N+]2\C=C(Br)C=N2)C1. The number of halogens is 1. The molecule has 1 amide bonds. The van der Waals surface area contributed by atoms with Crippen LogP contribution < -0.4 is 0 Å². The van der Waals surface area contributed by atoms with E-state index in [0.29, 0.717) is 12.5 Å². The zero-order valence-corrected chi connectivity index (χ0v) is 13.1. The molecule has 1 unspecified atom stereocenters. The predicted molar refractivity (Wildman–Crippen MR) is 77.7 cm³/mol. The summed E-state index contributed by atoms with van der Waals surface area (Å²) in [6.45, 7) is 7.06.